The van der Waals surface area contributed by atoms with Crippen molar-refractivity contribution < 1.29 is 18.9 Å². The summed E-state index contributed by atoms with van der Waals surface area (Å²) >= 11 is 0. The topological polar surface area (TPSA) is 40.2 Å². The van der Waals surface area contributed by atoms with Crippen LogP contribution in [0.2, 0.25) is 0 Å². The number of rotatable bonds is 14. The zero-order valence-electron chi connectivity index (χ0n) is 18.6. The van der Waals surface area contributed by atoms with Gasteiger partial charge in [-0.1, -0.05) is 30.3 Å². The van der Waals surface area contributed by atoms with Gasteiger partial charge in [-0.3, -0.25) is 4.90 Å². The molecule has 2 unspecified atom stereocenters. The van der Waals surface area contributed by atoms with Crippen LogP contribution in [0, 0.1) is 0 Å². The second-order valence-electron chi connectivity index (χ2n) is 8.51. The van der Waals surface area contributed by atoms with Crippen LogP contribution >= 0.6 is 0 Å². The first-order valence-electron chi connectivity index (χ1n) is 12.1. The zero-order valence-corrected chi connectivity index (χ0v) is 18.6. The van der Waals surface area contributed by atoms with E-state index >= 15 is 0 Å². The number of benzene rings is 1. The first-order valence-corrected chi connectivity index (χ1v) is 12.1. The highest BCUT2D eigenvalue weighted by atomic mass is 16.7. The molecule has 5 heteroatoms. The third-order valence-electron chi connectivity index (χ3n) is 5.87. The molecule has 3 rings (SSSR count). The molecular formula is C25H41NO4. The average molecular weight is 420 g/mol. The normalized spacial score (nSPS) is 22.4. The SMILES string of the molecule is c1ccc(CN(CCCCOC2CCCCO2)CCCCOC2CCCCO2)cc1. The first-order chi connectivity index (χ1) is 14.9. The first kappa shape index (κ1) is 23.7. The lowest BCUT2D eigenvalue weighted by Crippen LogP contribution is -2.27. The smallest absolute Gasteiger partial charge is 0.157 e. The molecule has 0 aromatic heterocycles. The Morgan fingerprint density at radius 3 is 1.80 bits per heavy atom. The van der Waals surface area contributed by atoms with Crippen LogP contribution in [0.1, 0.15) is 69.8 Å². The van der Waals surface area contributed by atoms with E-state index in [4.69, 9.17) is 18.9 Å². The summed E-state index contributed by atoms with van der Waals surface area (Å²) in [6.07, 6.45) is 11.5. The van der Waals surface area contributed by atoms with Gasteiger partial charge in [0.05, 0.1) is 0 Å². The molecule has 2 heterocycles. The Labute approximate surface area is 183 Å². The van der Waals surface area contributed by atoms with Crippen LogP contribution in [0.15, 0.2) is 30.3 Å². The van der Waals surface area contributed by atoms with Crippen LogP contribution in [0.5, 0.6) is 0 Å². The molecule has 170 valence electrons. The Morgan fingerprint density at radius 2 is 1.30 bits per heavy atom. The van der Waals surface area contributed by atoms with E-state index in [2.05, 4.69) is 35.2 Å². The molecule has 2 atom stereocenters. The number of hydrogen-bond acceptors (Lipinski definition) is 5. The van der Waals surface area contributed by atoms with Crippen LogP contribution in [-0.4, -0.2) is 57.0 Å². The summed E-state index contributed by atoms with van der Waals surface area (Å²) in [7, 11) is 0. The average Bonchev–Trinajstić information content (AvgIpc) is 2.80. The second-order valence-corrected chi connectivity index (χ2v) is 8.51. The minimum atomic E-state index is 0.0346. The molecule has 2 fully saturated rings. The Balaban J connectivity index is 1.30. The maximum absolute atomic E-state index is 5.88. The van der Waals surface area contributed by atoms with Crippen molar-refractivity contribution in [2.24, 2.45) is 0 Å². The van der Waals surface area contributed by atoms with Crippen LogP contribution in [0.4, 0.5) is 0 Å². The molecule has 0 saturated carbocycles. The standard InChI is InChI=1S/C25H41NO4/c1-2-12-23(13-3-1)22-26(16-6-10-20-29-24-14-4-8-18-27-24)17-7-11-21-30-25-15-5-9-19-28-25/h1-3,12-13,24-25H,4-11,14-22H2. The van der Waals surface area contributed by atoms with Crippen molar-refractivity contribution in [2.45, 2.75) is 83.3 Å². The number of hydrogen-bond donors (Lipinski definition) is 0. The Hall–Kier alpha value is -0.980. The van der Waals surface area contributed by atoms with E-state index < -0.39 is 0 Å². The highest BCUT2D eigenvalue weighted by Gasteiger charge is 2.15. The maximum Gasteiger partial charge on any atom is 0.157 e. The third kappa shape index (κ3) is 9.88. The highest BCUT2D eigenvalue weighted by molar-refractivity contribution is 5.14. The molecule has 0 spiro atoms. The number of nitrogens with zero attached hydrogens (tertiary/aromatic N) is 1. The van der Waals surface area contributed by atoms with Crippen LogP contribution in [0.3, 0.4) is 0 Å². The summed E-state index contributed by atoms with van der Waals surface area (Å²) in [6, 6.07) is 10.8. The van der Waals surface area contributed by atoms with E-state index in [0.29, 0.717) is 0 Å². The number of unbranched alkanes of at least 4 members (excludes halogenated alkanes) is 2. The summed E-state index contributed by atoms with van der Waals surface area (Å²) in [5, 5.41) is 0. The van der Waals surface area contributed by atoms with Gasteiger partial charge < -0.3 is 18.9 Å². The summed E-state index contributed by atoms with van der Waals surface area (Å²) in [4.78, 5) is 2.57. The van der Waals surface area contributed by atoms with Crippen LogP contribution in [0.25, 0.3) is 0 Å². The van der Waals surface area contributed by atoms with Gasteiger partial charge in [0.2, 0.25) is 0 Å². The Morgan fingerprint density at radius 1 is 0.733 bits per heavy atom. The minimum absolute atomic E-state index is 0.0346. The van der Waals surface area contributed by atoms with Crippen LogP contribution < -0.4 is 0 Å². The quantitative estimate of drug-likeness (QED) is 0.391. The van der Waals surface area contributed by atoms with Crippen molar-refractivity contribution in [3.05, 3.63) is 35.9 Å². The molecule has 0 N–H and O–H groups in total. The number of ether oxygens (including phenoxy) is 4. The van der Waals surface area contributed by atoms with E-state index in [9.17, 15) is 0 Å². The monoisotopic (exact) mass is 419 g/mol. The predicted molar refractivity (Wildman–Crippen MR) is 119 cm³/mol. The van der Waals surface area contributed by atoms with Crippen LogP contribution in [-0.2, 0) is 25.5 Å². The van der Waals surface area contributed by atoms with Crippen molar-refractivity contribution in [3.8, 4) is 0 Å². The fraction of sp³-hybridized carbons (Fsp3) is 0.760. The molecule has 30 heavy (non-hydrogen) atoms. The molecule has 2 saturated heterocycles. The highest BCUT2D eigenvalue weighted by Crippen LogP contribution is 2.15. The fourth-order valence-electron chi connectivity index (χ4n) is 4.10. The van der Waals surface area contributed by atoms with Crippen molar-refractivity contribution in [2.75, 3.05) is 39.5 Å². The lowest BCUT2D eigenvalue weighted by Gasteiger charge is -2.25. The van der Waals surface area contributed by atoms with E-state index in [0.717, 1.165) is 84.6 Å². The van der Waals surface area contributed by atoms with Gasteiger partial charge in [-0.25, -0.2) is 0 Å². The zero-order chi connectivity index (χ0) is 20.7. The van der Waals surface area contributed by atoms with Crippen molar-refractivity contribution in [3.63, 3.8) is 0 Å². The summed E-state index contributed by atoms with van der Waals surface area (Å²) in [6.45, 7) is 6.54. The molecule has 2 aliphatic heterocycles. The molecule has 2 aliphatic rings. The maximum atomic E-state index is 5.88. The van der Waals surface area contributed by atoms with Gasteiger partial charge in [0.1, 0.15) is 0 Å². The van der Waals surface area contributed by atoms with Gasteiger partial charge in [-0.15, -0.1) is 0 Å². The lowest BCUT2D eigenvalue weighted by atomic mass is 10.2. The third-order valence-corrected chi connectivity index (χ3v) is 5.87. The fourth-order valence-corrected chi connectivity index (χ4v) is 4.10. The molecular weight excluding hydrogens is 378 g/mol. The van der Waals surface area contributed by atoms with E-state index in [-0.39, 0.29) is 12.6 Å². The predicted octanol–water partition coefficient (Wildman–Crippen LogP) is 5.14. The summed E-state index contributed by atoms with van der Waals surface area (Å²) in [5.41, 5.74) is 1.39. The second kappa shape index (κ2) is 14.9. The molecule has 0 aliphatic carbocycles. The molecule has 0 amide bonds. The van der Waals surface area contributed by atoms with Gasteiger partial charge in [-0.2, -0.15) is 0 Å². The largest absolute Gasteiger partial charge is 0.353 e. The Bertz CT molecular complexity index is 501. The van der Waals surface area contributed by atoms with E-state index in [1.807, 2.05) is 0 Å². The van der Waals surface area contributed by atoms with Gasteiger partial charge in [-0.05, 0) is 82.9 Å². The lowest BCUT2D eigenvalue weighted by molar-refractivity contribution is -0.162. The molecule has 0 radical (unpaired) electrons. The molecule has 0 bridgehead atoms. The van der Waals surface area contributed by atoms with Gasteiger partial charge in [0.25, 0.3) is 0 Å². The van der Waals surface area contributed by atoms with Crippen molar-refractivity contribution in [1.29, 1.82) is 0 Å². The molecule has 1 aromatic carbocycles. The van der Waals surface area contributed by atoms with Crippen molar-refractivity contribution >= 4 is 0 Å². The summed E-state index contributed by atoms with van der Waals surface area (Å²) in [5.74, 6) is 0. The minimum Gasteiger partial charge on any atom is -0.353 e. The van der Waals surface area contributed by atoms with Gasteiger partial charge in [0.15, 0.2) is 12.6 Å². The van der Waals surface area contributed by atoms with E-state index in [1.165, 1.54) is 31.2 Å². The molecule has 1 aromatic rings. The van der Waals surface area contributed by atoms with Gasteiger partial charge in [0, 0.05) is 33.0 Å². The summed E-state index contributed by atoms with van der Waals surface area (Å²) < 4.78 is 23.1. The Kier molecular flexibility index (Phi) is 11.8. The van der Waals surface area contributed by atoms with Gasteiger partial charge >= 0.3 is 0 Å². The molecule has 5 nitrogen and oxygen atoms in total. The van der Waals surface area contributed by atoms with E-state index in [1.54, 1.807) is 0 Å². The van der Waals surface area contributed by atoms with Crippen molar-refractivity contribution in [1.82, 2.24) is 4.90 Å².